The highest BCUT2D eigenvalue weighted by molar-refractivity contribution is 5.73. The van der Waals surface area contributed by atoms with Gasteiger partial charge in [-0.15, -0.1) is 0 Å². The van der Waals surface area contributed by atoms with E-state index in [-0.39, 0.29) is 0 Å². The van der Waals surface area contributed by atoms with Gasteiger partial charge in [0, 0.05) is 14.5 Å². The molecule has 0 bridgehead atoms. The molecule has 0 atom stereocenters. The highest BCUT2D eigenvalue weighted by atomic mass is 14.7. The van der Waals surface area contributed by atoms with Crippen molar-refractivity contribution in [3.63, 3.8) is 0 Å². The first-order valence-corrected chi connectivity index (χ1v) is 10.8. The Labute approximate surface area is 189 Å². The van der Waals surface area contributed by atoms with Crippen molar-refractivity contribution in [1.82, 2.24) is 4.98 Å². The fraction of sp³-hybridized carbons (Fsp3) is 0.233. The summed E-state index contributed by atoms with van der Waals surface area (Å²) < 4.78 is 17.0. The third-order valence-electron chi connectivity index (χ3n) is 5.23. The molecule has 1 nitrogen and oxygen atoms in total. The molecule has 1 heteroatoms. The molecule has 0 amide bonds. The summed E-state index contributed by atoms with van der Waals surface area (Å²) in [6.07, 6.45) is 0.489. The van der Waals surface area contributed by atoms with Crippen molar-refractivity contribution < 1.29 is 2.74 Å². The van der Waals surface area contributed by atoms with Gasteiger partial charge in [0.1, 0.15) is 0 Å². The SMILES string of the molecule is [2H]C([2H])(c1ccc(-c2ccc(-c3ccnc(-c4cc(C)cc(C)c4)c3)cc2)cc1)C(C)(C)C. The summed E-state index contributed by atoms with van der Waals surface area (Å²) in [6.45, 7) is 10.0. The Morgan fingerprint density at radius 3 is 1.71 bits per heavy atom. The van der Waals surface area contributed by atoms with Crippen LogP contribution in [0.5, 0.6) is 0 Å². The predicted molar refractivity (Wildman–Crippen MR) is 133 cm³/mol. The molecular weight excluding hydrogens is 374 g/mol. The Morgan fingerprint density at radius 1 is 0.645 bits per heavy atom. The summed E-state index contributed by atoms with van der Waals surface area (Å²) in [4.78, 5) is 4.60. The summed E-state index contributed by atoms with van der Waals surface area (Å²) in [5.41, 5.74) is 9.33. The number of hydrogen-bond donors (Lipinski definition) is 0. The fourth-order valence-corrected chi connectivity index (χ4v) is 3.92. The molecule has 4 aromatic rings. The Kier molecular flexibility index (Phi) is 5.10. The maximum absolute atomic E-state index is 8.48. The van der Waals surface area contributed by atoms with Gasteiger partial charge in [-0.3, -0.25) is 4.98 Å². The maximum Gasteiger partial charge on any atom is 0.0708 e. The topological polar surface area (TPSA) is 12.9 Å². The van der Waals surface area contributed by atoms with Crippen molar-refractivity contribution in [1.29, 1.82) is 0 Å². The minimum atomic E-state index is -1.38. The molecule has 0 spiro atoms. The van der Waals surface area contributed by atoms with Crippen LogP contribution in [0.4, 0.5) is 0 Å². The van der Waals surface area contributed by atoms with Crippen LogP contribution in [0, 0.1) is 19.3 Å². The summed E-state index contributed by atoms with van der Waals surface area (Å²) in [6, 6.07) is 27.1. The first kappa shape index (κ1) is 18.6. The van der Waals surface area contributed by atoms with E-state index in [1.54, 1.807) is 0 Å². The zero-order valence-electron chi connectivity index (χ0n) is 21.0. The van der Waals surface area contributed by atoms with Crippen LogP contribution in [0.15, 0.2) is 85.1 Å². The van der Waals surface area contributed by atoms with E-state index >= 15 is 0 Å². The second kappa shape index (κ2) is 8.51. The molecule has 0 saturated carbocycles. The monoisotopic (exact) mass is 407 g/mol. The molecule has 0 aliphatic rings. The number of nitrogens with zero attached hydrogens (tertiary/aromatic N) is 1. The quantitative estimate of drug-likeness (QED) is 0.331. The zero-order valence-corrected chi connectivity index (χ0v) is 19.0. The summed E-state index contributed by atoms with van der Waals surface area (Å²) in [5, 5.41) is 0. The lowest BCUT2D eigenvalue weighted by molar-refractivity contribution is 0.411. The van der Waals surface area contributed by atoms with E-state index in [0.29, 0.717) is 5.56 Å². The van der Waals surface area contributed by atoms with E-state index in [1.807, 2.05) is 57.3 Å². The van der Waals surface area contributed by atoms with Gasteiger partial charge in [-0.1, -0.05) is 86.5 Å². The molecule has 31 heavy (non-hydrogen) atoms. The van der Waals surface area contributed by atoms with Gasteiger partial charge in [-0.25, -0.2) is 0 Å². The Hall–Kier alpha value is -3.19. The van der Waals surface area contributed by atoms with Crippen LogP contribution < -0.4 is 0 Å². The summed E-state index contributed by atoms with van der Waals surface area (Å²) in [5.74, 6) is 0. The van der Waals surface area contributed by atoms with Gasteiger partial charge in [-0.2, -0.15) is 0 Å². The Balaban J connectivity index is 1.59. The van der Waals surface area contributed by atoms with Crippen molar-refractivity contribution in [2.45, 2.75) is 41.0 Å². The lowest BCUT2D eigenvalue weighted by atomic mass is 9.87. The van der Waals surface area contributed by atoms with Crippen molar-refractivity contribution in [3.8, 4) is 33.5 Å². The van der Waals surface area contributed by atoms with E-state index in [4.69, 9.17) is 2.74 Å². The second-order valence-corrected chi connectivity index (χ2v) is 9.34. The molecule has 0 aliphatic heterocycles. The lowest BCUT2D eigenvalue weighted by Gasteiger charge is -2.18. The summed E-state index contributed by atoms with van der Waals surface area (Å²) in [7, 11) is 0. The van der Waals surface area contributed by atoms with Gasteiger partial charge in [0.2, 0.25) is 0 Å². The third kappa shape index (κ3) is 5.30. The van der Waals surface area contributed by atoms with Crippen molar-refractivity contribution in [2.75, 3.05) is 0 Å². The van der Waals surface area contributed by atoms with E-state index in [0.717, 1.165) is 33.5 Å². The van der Waals surface area contributed by atoms with Crippen molar-refractivity contribution in [3.05, 3.63) is 102 Å². The van der Waals surface area contributed by atoms with E-state index < -0.39 is 11.8 Å². The van der Waals surface area contributed by atoms with Gasteiger partial charge in [0.15, 0.2) is 0 Å². The number of benzene rings is 3. The number of aryl methyl sites for hydroxylation is 2. The minimum Gasteiger partial charge on any atom is -0.256 e. The van der Waals surface area contributed by atoms with Gasteiger partial charge >= 0.3 is 0 Å². The number of pyridine rings is 1. The average Bonchev–Trinajstić information content (AvgIpc) is 2.78. The highest BCUT2D eigenvalue weighted by Crippen LogP contribution is 2.29. The minimum absolute atomic E-state index is 0.462. The Morgan fingerprint density at radius 2 is 1.16 bits per heavy atom. The van der Waals surface area contributed by atoms with Gasteiger partial charge < -0.3 is 0 Å². The van der Waals surface area contributed by atoms with Crippen LogP contribution in [0.1, 0.15) is 40.2 Å². The van der Waals surface area contributed by atoms with E-state index in [1.165, 1.54) is 11.1 Å². The van der Waals surface area contributed by atoms with E-state index in [2.05, 4.69) is 67.4 Å². The zero-order chi connectivity index (χ0) is 23.8. The molecule has 0 aliphatic carbocycles. The molecule has 0 unspecified atom stereocenters. The molecule has 4 rings (SSSR count). The van der Waals surface area contributed by atoms with E-state index in [9.17, 15) is 0 Å². The first-order chi connectivity index (χ1) is 15.5. The lowest BCUT2D eigenvalue weighted by Crippen LogP contribution is -2.08. The number of hydrogen-bond acceptors (Lipinski definition) is 1. The Bertz CT molecular complexity index is 1240. The van der Waals surface area contributed by atoms with Gasteiger partial charge in [0.25, 0.3) is 0 Å². The number of aromatic nitrogens is 1. The first-order valence-electron chi connectivity index (χ1n) is 11.8. The summed E-state index contributed by atoms with van der Waals surface area (Å²) >= 11 is 0. The molecule has 0 fully saturated rings. The molecule has 0 radical (unpaired) electrons. The van der Waals surface area contributed by atoms with Crippen LogP contribution >= 0.6 is 0 Å². The molecular formula is C30H31N. The largest absolute Gasteiger partial charge is 0.256 e. The fourth-order valence-electron chi connectivity index (χ4n) is 3.92. The van der Waals surface area contributed by atoms with Crippen LogP contribution in [0.2, 0.25) is 0 Å². The number of rotatable bonds is 4. The van der Waals surface area contributed by atoms with Gasteiger partial charge in [-0.05, 0) is 77.7 Å². The molecule has 0 N–H and O–H groups in total. The standard InChI is InChI=1S/C30H31N/c1-21-16-22(2)18-28(17-21)29-19-27(14-15-31-29)26-12-10-25(11-13-26)24-8-6-23(7-9-24)20-30(3,4)5/h6-19H,20H2,1-5H3/i20D2. The molecule has 3 aromatic carbocycles. The smallest absolute Gasteiger partial charge is 0.0708 e. The third-order valence-corrected chi connectivity index (χ3v) is 5.23. The van der Waals surface area contributed by atoms with Crippen molar-refractivity contribution >= 4 is 0 Å². The predicted octanol–water partition coefficient (Wildman–Crippen LogP) is 8.29. The average molecular weight is 408 g/mol. The second-order valence-electron chi connectivity index (χ2n) is 9.34. The van der Waals surface area contributed by atoms with Gasteiger partial charge in [0.05, 0.1) is 5.69 Å². The molecule has 156 valence electrons. The van der Waals surface area contributed by atoms with Crippen molar-refractivity contribution in [2.24, 2.45) is 5.41 Å². The molecule has 1 aromatic heterocycles. The molecule has 1 heterocycles. The molecule has 0 saturated heterocycles. The van der Waals surface area contributed by atoms with Crippen LogP contribution in [-0.2, 0) is 6.37 Å². The van der Waals surface area contributed by atoms with Crippen LogP contribution in [-0.4, -0.2) is 4.98 Å². The maximum atomic E-state index is 8.48. The van der Waals surface area contributed by atoms with Crippen LogP contribution in [0.3, 0.4) is 0 Å². The normalized spacial score (nSPS) is 12.9. The van der Waals surface area contributed by atoms with Crippen LogP contribution in [0.25, 0.3) is 33.5 Å². The highest BCUT2D eigenvalue weighted by Gasteiger charge is 2.11.